The Morgan fingerprint density at radius 1 is 1.04 bits per heavy atom. The third kappa shape index (κ3) is 5.08. The number of nitrogens with zero attached hydrogens (tertiary/aromatic N) is 6. The van der Waals surface area contributed by atoms with Gasteiger partial charge >= 0.3 is 0 Å². The van der Waals surface area contributed by atoms with Gasteiger partial charge in [-0.15, -0.1) is 0 Å². The van der Waals surface area contributed by atoms with Crippen molar-refractivity contribution >= 4 is 34.2 Å². The minimum Gasteiger partial charge on any atom is -0.366 e. The van der Waals surface area contributed by atoms with Crippen molar-refractivity contribution in [3.63, 3.8) is 0 Å². The molecule has 1 amide bonds. The minimum atomic E-state index is -2.36. The quantitative estimate of drug-likeness (QED) is 0.116. The SMILES string of the molecule is C=CC(=O)N1CCN(c2c(C#N)c(=O)n(-c3c(C)ccnc3C(C)C)c3nc(-c4c(F)c(F)c(F)c(F)c4F)c(Cl)cc23)CC1. The first-order valence-electron chi connectivity index (χ1n) is 13.7. The average molecular weight is 643 g/mol. The van der Waals surface area contributed by atoms with Crippen LogP contribution in [-0.2, 0) is 4.79 Å². The van der Waals surface area contributed by atoms with Crippen LogP contribution in [0.4, 0.5) is 27.6 Å². The van der Waals surface area contributed by atoms with E-state index in [1.54, 1.807) is 17.9 Å². The maximum absolute atomic E-state index is 15.0. The zero-order valence-electron chi connectivity index (χ0n) is 24.2. The van der Waals surface area contributed by atoms with E-state index < -0.39 is 50.9 Å². The highest BCUT2D eigenvalue weighted by molar-refractivity contribution is 6.34. The molecule has 232 valence electrons. The van der Waals surface area contributed by atoms with Crippen molar-refractivity contribution in [1.82, 2.24) is 19.4 Å². The molecule has 14 heteroatoms. The molecule has 1 aliphatic rings. The molecule has 4 aromatic rings. The number of amides is 1. The molecule has 0 radical (unpaired) electrons. The van der Waals surface area contributed by atoms with Gasteiger partial charge in [-0.05, 0) is 36.6 Å². The Hall–Kier alpha value is -4.83. The monoisotopic (exact) mass is 642 g/mol. The number of fused-ring (bicyclic) bond motifs is 1. The zero-order valence-corrected chi connectivity index (χ0v) is 24.9. The van der Waals surface area contributed by atoms with Crippen molar-refractivity contribution in [3.8, 4) is 23.0 Å². The molecule has 3 aromatic heterocycles. The Bertz CT molecular complexity index is 1990. The van der Waals surface area contributed by atoms with E-state index in [0.717, 1.165) is 4.57 Å². The lowest BCUT2D eigenvalue weighted by Gasteiger charge is -2.36. The smallest absolute Gasteiger partial charge is 0.276 e. The number of piperazine rings is 1. The number of carbonyl (C=O) groups excluding carboxylic acids is 1. The molecule has 5 rings (SSSR count). The van der Waals surface area contributed by atoms with E-state index in [1.807, 2.05) is 19.9 Å². The van der Waals surface area contributed by atoms with E-state index in [0.29, 0.717) is 11.3 Å². The van der Waals surface area contributed by atoms with Crippen molar-refractivity contribution in [2.45, 2.75) is 26.7 Å². The third-order valence-corrected chi connectivity index (χ3v) is 7.93. The molecule has 8 nitrogen and oxygen atoms in total. The summed E-state index contributed by atoms with van der Waals surface area (Å²) in [5.41, 5.74) is -2.37. The van der Waals surface area contributed by atoms with Crippen LogP contribution in [0.1, 0.15) is 36.6 Å². The van der Waals surface area contributed by atoms with E-state index in [9.17, 15) is 28.0 Å². The standard InChI is InChI=1S/C31H24ClF5N6O2/c1-5-19(44)41-8-10-42(11-9-41)29-16-12-18(32)27(20-21(33)23(35)25(37)24(36)22(20)34)40-30(16)43(31(45)17(29)13-38)28-15(4)6-7-39-26(28)14(2)3/h5-7,12,14H,1,8-11H2,2-4H3. The number of benzene rings is 1. The first-order chi connectivity index (χ1) is 21.3. The van der Waals surface area contributed by atoms with Crippen LogP contribution in [0.15, 0.2) is 35.8 Å². The van der Waals surface area contributed by atoms with E-state index in [-0.39, 0.29) is 66.0 Å². The van der Waals surface area contributed by atoms with Gasteiger partial charge in [0, 0.05) is 37.8 Å². The summed E-state index contributed by atoms with van der Waals surface area (Å²) in [5.74, 6) is -11.6. The van der Waals surface area contributed by atoms with Crippen LogP contribution in [0.2, 0.25) is 5.02 Å². The Morgan fingerprint density at radius 3 is 2.20 bits per heavy atom. The molecule has 1 saturated heterocycles. The summed E-state index contributed by atoms with van der Waals surface area (Å²) in [7, 11) is 0. The van der Waals surface area contributed by atoms with Crippen molar-refractivity contribution in [2.75, 3.05) is 31.1 Å². The number of rotatable bonds is 5. The first kappa shape index (κ1) is 31.6. The van der Waals surface area contributed by atoms with E-state index in [4.69, 9.17) is 11.6 Å². The molecular formula is C31H24ClF5N6O2. The molecule has 45 heavy (non-hydrogen) atoms. The number of aromatic nitrogens is 3. The fourth-order valence-corrected chi connectivity index (χ4v) is 5.70. The van der Waals surface area contributed by atoms with Crippen molar-refractivity contribution in [1.29, 1.82) is 5.26 Å². The van der Waals surface area contributed by atoms with Gasteiger partial charge in [-0.25, -0.2) is 26.9 Å². The van der Waals surface area contributed by atoms with E-state index >= 15 is 8.78 Å². The Labute approximate surface area is 258 Å². The van der Waals surface area contributed by atoms with Crippen LogP contribution in [0.25, 0.3) is 28.0 Å². The van der Waals surface area contributed by atoms with Crippen LogP contribution < -0.4 is 10.5 Å². The summed E-state index contributed by atoms with van der Waals surface area (Å²) >= 11 is 6.47. The van der Waals surface area contributed by atoms with Crippen molar-refractivity contribution in [2.24, 2.45) is 0 Å². The molecule has 0 spiro atoms. The molecule has 0 N–H and O–H groups in total. The van der Waals surface area contributed by atoms with Gasteiger partial charge in [-0.3, -0.25) is 19.1 Å². The van der Waals surface area contributed by atoms with Gasteiger partial charge in [-0.1, -0.05) is 32.0 Å². The predicted octanol–water partition coefficient (Wildman–Crippen LogP) is 5.93. The second-order valence-corrected chi connectivity index (χ2v) is 11.1. The molecule has 0 unspecified atom stereocenters. The van der Waals surface area contributed by atoms with Crippen LogP contribution in [0.3, 0.4) is 0 Å². The van der Waals surface area contributed by atoms with Crippen LogP contribution in [0.5, 0.6) is 0 Å². The highest BCUT2D eigenvalue weighted by atomic mass is 35.5. The van der Waals surface area contributed by atoms with Crippen LogP contribution in [0, 0.1) is 47.3 Å². The summed E-state index contributed by atoms with van der Waals surface area (Å²) in [4.78, 5) is 38.3. The topological polar surface area (TPSA) is 95.1 Å². The molecule has 0 aliphatic carbocycles. The number of aryl methyl sites for hydroxylation is 1. The van der Waals surface area contributed by atoms with Crippen molar-refractivity contribution < 1.29 is 26.7 Å². The zero-order chi connectivity index (χ0) is 32.9. The van der Waals surface area contributed by atoms with Gasteiger partial charge in [0.15, 0.2) is 23.3 Å². The summed E-state index contributed by atoms with van der Waals surface area (Å²) in [6.45, 7) is 9.56. The first-order valence-corrected chi connectivity index (χ1v) is 14.0. The fourth-order valence-electron chi connectivity index (χ4n) is 5.46. The lowest BCUT2D eigenvalue weighted by atomic mass is 10.0. The maximum atomic E-state index is 15.0. The molecular weight excluding hydrogens is 619 g/mol. The molecule has 1 aromatic carbocycles. The van der Waals surface area contributed by atoms with Gasteiger partial charge in [0.2, 0.25) is 11.7 Å². The highest BCUT2D eigenvalue weighted by Crippen LogP contribution is 2.40. The lowest BCUT2D eigenvalue weighted by molar-refractivity contribution is -0.126. The molecule has 4 heterocycles. The number of pyridine rings is 3. The lowest BCUT2D eigenvalue weighted by Crippen LogP contribution is -2.49. The highest BCUT2D eigenvalue weighted by Gasteiger charge is 2.32. The normalized spacial score (nSPS) is 13.4. The number of carbonyl (C=O) groups is 1. The number of nitriles is 1. The molecule has 0 bridgehead atoms. The Balaban J connectivity index is 1.93. The number of halogens is 6. The second kappa shape index (κ2) is 11.9. The van der Waals surface area contributed by atoms with Gasteiger partial charge < -0.3 is 9.80 Å². The summed E-state index contributed by atoms with van der Waals surface area (Å²) < 4.78 is 73.6. The number of hydrogen-bond acceptors (Lipinski definition) is 6. The van der Waals surface area contributed by atoms with E-state index in [1.165, 1.54) is 23.2 Å². The van der Waals surface area contributed by atoms with Crippen LogP contribution in [-0.4, -0.2) is 51.5 Å². The largest absolute Gasteiger partial charge is 0.366 e. The van der Waals surface area contributed by atoms with Gasteiger partial charge in [-0.2, -0.15) is 5.26 Å². The second-order valence-electron chi connectivity index (χ2n) is 10.6. The van der Waals surface area contributed by atoms with Gasteiger partial charge in [0.05, 0.1) is 33.3 Å². The van der Waals surface area contributed by atoms with Crippen LogP contribution >= 0.6 is 11.6 Å². The summed E-state index contributed by atoms with van der Waals surface area (Å²) in [6, 6.07) is 4.74. The fraction of sp³-hybridized carbons (Fsp3) is 0.258. The maximum Gasteiger partial charge on any atom is 0.276 e. The van der Waals surface area contributed by atoms with Crippen molar-refractivity contribution in [3.05, 3.63) is 92.3 Å². The third-order valence-electron chi connectivity index (χ3n) is 7.64. The predicted molar refractivity (Wildman–Crippen MR) is 158 cm³/mol. The average Bonchev–Trinajstić information content (AvgIpc) is 3.02. The minimum absolute atomic E-state index is 0.0882. The Morgan fingerprint density at radius 2 is 1.64 bits per heavy atom. The van der Waals surface area contributed by atoms with E-state index in [2.05, 4.69) is 16.5 Å². The van der Waals surface area contributed by atoms with Gasteiger partial charge in [0.1, 0.15) is 17.3 Å². The molecule has 0 atom stereocenters. The number of anilines is 1. The summed E-state index contributed by atoms with van der Waals surface area (Å²) in [6.07, 6.45) is 2.69. The molecule has 1 aliphatic heterocycles. The summed E-state index contributed by atoms with van der Waals surface area (Å²) in [5, 5.41) is 9.88. The van der Waals surface area contributed by atoms with Gasteiger partial charge in [0.25, 0.3) is 5.56 Å². The molecule has 0 saturated carbocycles. The number of hydrogen-bond donors (Lipinski definition) is 0. The Kier molecular flexibility index (Phi) is 8.37. The molecule has 1 fully saturated rings.